The normalized spacial score (nSPS) is 13.8. The van der Waals surface area contributed by atoms with E-state index in [-0.39, 0.29) is 24.2 Å². The number of hydrogen-bond acceptors (Lipinski definition) is 5. The number of hydrogen-bond donors (Lipinski definition) is 1. The molecule has 196 valence electrons. The van der Waals surface area contributed by atoms with E-state index < -0.39 is 40.9 Å². The van der Waals surface area contributed by atoms with Gasteiger partial charge in [-0.3, -0.25) is 14.5 Å². The number of carbonyl (C=O) groups is 2. The van der Waals surface area contributed by atoms with Gasteiger partial charge in [-0.2, -0.15) is 0 Å². The number of amides is 2. The van der Waals surface area contributed by atoms with Gasteiger partial charge in [-0.15, -0.1) is 13.2 Å². The molecular formula is C24H20ClF5N4O3. The maximum Gasteiger partial charge on any atom is 0.573 e. The molecule has 0 aliphatic heterocycles. The number of alkyl halides is 5. The molecule has 2 aromatic carbocycles. The quantitative estimate of drug-likeness (QED) is 0.314. The lowest BCUT2D eigenvalue weighted by Crippen LogP contribution is -2.58. The summed E-state index contributed by atoms with van der Waals surface area (Å²) in [5.41, 5.74) is -4.13. The summed E-state index contributed by atoms with van der Waals surface area (Å²) in [4.78, 5) is 34.9. The predicted molar refractivity (Wildman–Crippen MR) is 124 cm³/mol. The molecule has 3 aromatic rings. The summed E-state index contributed by atoms with van der Waals surface area (Å²) in [5, 5.41) is 2.63. The van der Waals surface area contributed by atoms with Crippen LogP contribution >= 0.6 is 11.6 Å². The van der Waals surface area contributed by atoms with Crippen molar-refractivity contribution >= 4 is 29.1 Å². The highest BCUT2D eigenvalue weighted by Crippen LogP contribution is 2.36. The Morgan fingerprint density at radius 3 is 2.32 bits per heavy atom. The second kappa shape index (κ2) is 11.5. The van der Waals surface area contributed by atoms with Crippen LogP contribution in [0.5, 0.6) is 5.75 Å². The number of halogens is 6. The second-order valence-corrected chi connectivity index (χ2v) is 8.23. The van der Waals surface area contributed by atoms with Gasteiger partial charge in [0.05, 0.1) is 0 Å². The second-order valence-electron chi connectivity index (χ2n) is 7.85. The van der Waals surface area contributed by atoms with Crippen LogP contribution in [0.25, 0.3) is 0 Å². The van der Waals surface area contributed by atoms with Gasteiger partial charge in [0.15, 0.2) is 5.54 Å². The Hall–Kier alpha value is -3.80. The first-order valence-corrected chi connectivity index (χ1v) is 11.1. The molecule has 3 rings (SSSR count). The maximum absolute atomic E-state index is 14.2. The molecule has 0 aliphatic rings. The fraction of sp³-hybridized carbons (Fsp3) is 0.250. The minimum atomic E-state index is -4.96. The third kappa shape index (κ3) is 6.91. The third-order valence-corrected chi connectivity index (χ3v) is 5.52. The lowest BCUT2D eigenvalue weighted by Gasteiger charge is -2.40. The van der Waals surface area contributed by atoms with E-state index in [1.165, 1.54) is 43.8 Å². The van der Waals surface area contributed by atoms with Gasteiger partial charge < -0.3 is 10.1 Å². The van der Waals surface area contributed by atoms with Gasteiger partial charge in [0.1, 0.15) is 17.9 Å². The fourth-order valence-corrected chi connectivity index (χ4v) is 3.70. The van der Waals surface area contributed by atoms with E-state index in [2.05, 4.69) is 20.0 Å². The SMILES string of the molecule is C[C@](C(=O)NCCc1cccc(F)c1)(c1cncnc1)N(C(=O)[C@H](F)Cl)c1ccc(OC(F)(F)F)cc1. The lowest BCUT2D eigenvalue weighted by atomic mass is 9.89. The molecule has 0 saturated carbocycles. The van der Waals surface area contributed by atoms with Crippen molar-refractivity contribution in [3.05, 3.63) is 84.2 Å². The lowest BCUT2D eigenvalue weighted by molar-refractivity contribution is -0.274. The van der Waals surface area contributed by atoms with Crippen molar-refractivity contribution in [2.24, 2.45) is 0 Å². The highest BCUT2D eigenvalue weighted by atomic mass is 35.5. The number of carbonyl (C=O) groups excluding carboxylic acids is 2. The van der Waals surface area contributed by atoms with Crippen LogP contribution in [0.15, 0.2) is 67.3 Å². The minimum Gasteiger partial charge on any atom is -0.406 e. The summed E-state index contributed by atoms with van der Waals surface area (Å²) < 4.78 is 69.2. The molecule has 0 unspecified atom stereocenters. The van der Waals surface area contributed by atoms with Crippen LogP contribution < -0.4 is 15.0 Å². The van der Waals surface area contributed by atoms with Crippen molar-refractivity contribution in [2.75, 3.05) is 11.4 Å². The molecule has 0 fully saturated rings. The topological polar surface area (TPSA) is 84.4 Å². The Bertz CT molecular complexity index is 1230. The van der Waals surface area contributed by atoms with E-state index in [1.807, 2.05) is 0 Å². The first-order chi connectivity index (χ1) is 17.4. The van der Waals surface area contributed by atoms with Crippen molar-refractivity contribution in [3.8, 4) is 5.75 Å². The van der Waals surface area contributed by atoms with E-state index in [0.29, 0.717) is 10.5 Å². The summed E-state index contributed by atoms with van der Waals surface area (Å²) in [6.07, 6.45) is -1.12. The van der Waals surface area contributed by atoms with Gasteiger partial charge in [0.2, 0.25) is 0 Å². The number of ether oxygens (including phenoxy) is 1. The molecular weight excluding hydrogens is 523 g/mol. The highest BCUT2D eigenvalue weighted by Gasteiger charge is 2.47. The van der Waals surface area contributed by atoms with E-state index in [9.17, 15) is 31.5 Å². The molecule has 2 atom stereocenters. The van der Waals surface area contributed by atoms with Gasteiger partial charge in [-0.25, -0.2) is 18.7 Å². The monoisotopic (exact) mass is 542 g/mol. The number of nitrogens with zero attached hydrogens (tertiary/aromatic N) is 3. The van der Waals surface area contributed by atoms with Crippen molar-refractivity contribution in [3.63, 3.8) is 0 Å². The van der Waals surface area contributed by atoms with E-state index in [0.717, 1.165) is 24.3 Å². The van der Waals surface area contributed by atoms with Crippen LogP contribution in [0.3, 0.4) is 0 Å². The number of nitrogens with one attached hydrogen (secondary N) is 1. The predicted octanol–water partition coefficient (Wildman–Crippen LogP) is 4.66. The van der Waals surface area contributed by atoms with Gasteiger partial charge in [-0.05, 0) is 55.3 Å². The minimum absolute atomic E-state index is 0.00584. The molecule has 7 nitrogen and oxygen atoms in total. The molecule has 37 heavy (non-hydrogen) atoms. The maximum atomic E-state index is 14.2. The summed E-state index contributed by atoms with van der Waals surface area (Å²) in [7, 11) is 0. The molecule has 1 N–H and O–H groups in total. The van der Waals surface area contributed by atoms with Crippen LogP contribution in [-0.2, 0) is 21.5 Å². The Morgan fingerprint density at radius 1 is 1.11 bits per heavy atom. The zero-order chi connectivity index (χ0) is 27.2. The Morgan fingerprint density at radius 2 is 1.76 bits per heavy atom. The summed E-state index contributed by atoms with van der Waals surface area (Å²) in [6.45, 7) is 1.28. The van der Waals surface area contributed by atoms with Crippen molar-refractivity contribution in [2.45, 2.75) is 30.9 Å². The summed E-state index contributed by atoms with van der Waals surface area (Å²) >= 11 is 5.46. The zero-order valence-electron chi connectivity index (χ0n) is 19.2. The van der Waals surface area contributed by atoms with Crippen LogP contribution in [-0.4, -0.2) is 40.3 Å². The van der Waals surface area contributed by atoms with Crippen LogP contribution in [0.4, 0.5) is 27.6 Å². The largest absolute Gasteiger partial charge is 0.573 e. The van der Waals surface area contributed by atoms with Crippen molar-refractivity contribution in [1.29, 1.82) is 0 Å². The van der Waals surface area contributed by atoms with Crippen LogP contribution in [0.1, 0.15) is 18.1 Å². The average Bonchev–Trinajstić information content (AvgIpc) is 2.84. The van der Waals surface area contributed by atoms with Crippen molar-refractivity contribution < 1.29 is 36.3 Å². The first-order valence-electron chi connectivity index (χ1n) is 10.7. The number of anilines is 1. The first kappa shape index (κ1) is 27.8. The Kier molecular flexibility index (Phi) is 8.64. The molecule has 0 spiro atoms. The van der Waals surface area contributed by atoms with Gasteiger partial charge >= 0.3 is 6.36 Å². The molecule has 0 saturated heterocycles. The molecule has 0 aliphatic carbocycles. The van der Waals surface area contributed by atoms with E-state index in [1.54, 1.807) is 6.07 Å². The molecule has 1 aromatic heterocycles. The summed E-state index contributed by atoms with van der Waals surface area (Å²) in [5.74, 6) is -3.23. The number of benzene rings is 2. The van der Waals surface area contributed by atoms with Gasteiger partial charge in [0, 0.05) is 30.2 Å². The molecule has 0 radical (unpaired) electrons. The van der Waals surface area contributed by atoms with Crippen LogP contribution in [0, 0.1) is 5.82 Å². The molecule has 0 bridgehead atoms. The van der Waals surface area contributed by atoms with Gasteiger partial charge in [-0.1, -0.05) is 23.7 Å². The van der Waals surface area contributed by atoms with E-state index >= 15 is 0 Å². The smallest absolute Gasteiger partial charge is 0.406 e. The molecule has 2 amide bonds. The number of rotatable bonds is 9. The standard InChI is InChI=1S/C24H20ClF5N4O3/c1-23(16-12-31-14-32-13-16,22(36)33-10-9-15-3-2-4-17(26)11-15)34(21(35)20(25)27)18-5-7-19(8-6-18)37-24(28,29)30/h2-8,11-14,20H,9-10H2,1H3,(H,33,36)/t20-,23+/m0/s1. The fourth-order valence-electron chi connectivity index (χ4n) is 3.60. The molecule has 1 heterocycles. The molecule has 13 heteroatoms. The third-order valence-electron chi connectivity index (χ3n) is 5.34. The Labute approximate surface area is 213 Å². The van der Waals surface area contributed by atoms with Gasteiger partial charge in [0.25, 0.3) is 17.4 Å². The van der Waals surface area contributed by atoms with E-state index in [4.69, 9.17) is 11.6 Å². The highest BCUT2D eigenvalue weighted by molar-refractivity contribution is 6.32. The summed E-state index contributed by atoms with van der Waals surface area (Å²) in [6, 6.07) is 9.59. The number of aromatic nitrogens is 2. The Balaban J connectivity index is 2.00. The zero-order valence-corrected chi connectivity index (χ0v) is 19.9. The average molecular weight is 543 g/mol. The van der Waals surface area contributed by atoms with Crippen LogP contribution in [0.2, 0.25) is 0 Å². The van der Waals surface area contributed by atoms with Crippen molar-refractivity contribution in [1.82, 2.24) is 15.3 Å².